The van der Waals surface area contributed by atoms with Crippen molar-refractivity contribution in [3.63, 3.8) is 0 Å². The first-order valence-corrected chi connectivity index (χ1v) is 9.70. The number of thioether (sulfide) groups is 1. The first-order chi connectivity index (χ1) is 13.3. The molecule has 1 amide bonds. The van der Waals surface area contributed by atoms with Gasteiger partial charge in [-0.3, -0.25) is 4.79 Å². The summed E-state index contributed by atoms with van der Waals surface area (Å²) in [6.45, 7) is 1.51. The highest BCUT2D eigenvalue weighted by atomic mass is 35.5. The lowest BCUT2D eigenvalue weighted by molar-refractivity contribution is -0.118. The average molecular weight is 443 g/mol. The second-order valence-electron chi connectivity index (χ2n) is 5.76. The lowest BCUT2D eigenvalue weighted by Crippen LogP contribution is -2.20. The van der Waals surface area contributed by atoms with Gasteiger partial charge in [-0.1, -0.05) is 35.0 Å². The Bertz CT molecular complexity index is 1020. The summed E-state index contributed by atoms with van der Waals surface area (Å²) in [7, 11) is 0. The molecule has 1 aromatic heterocycles. The molecular formula is C19H14Cl2F2N2O2S. The normalized spacial score (nSPS) is 11.1. The van der Waals surface area contributed by atoms with Gasteiger partial charge >= 0.3 is 0 Å². The van der Waals surface area contributed by atoms with Crippen LogP contribution in [0.1, 0.15) is 5.69 Å². The summed E-state index contributed by atoms with van der Waals surface area (Å²) >= 11 is 12.8. The van der Waals surface area contributed by atoms with Crippen molar-refractivity contribution in [1.82, 2.24) is 4.98 Å². The molecular weight excluding hydrogens is 429 g/mol. The van der Waals surface area contributed by atoms with Crippen LogP contribution in [0.5, 0.6) is 5.75 Å². The van der Waals surface area contributed by atoms with E-state index >= 15 is 0 Å². The van der Waals surface area contributed by atoms with Gasteiger partial charge in [0, 0.05) is 21.7 Å². The summed E-state index contributed by atoms with van der Waals surface area (Å²) in [5.41, 5.74) is 1.69. The lowest BCUT2D eigenvalue weighted by atomic mass is 10.2. The van der Waals surface area contributed by atoms with Crippen molar-refractivity contribution in [3.05, 3.63) is 58.2 Å². The van der Waals surface area contributed by atoms with E-state index in [0.29, 0.717) is 38.3 Å². The lowest BCUT2D eigenvalue weighted by Gasteiger charge is -2.12. The van der Waals surface area contributed by atoms with Crippen molar-refractivity contribution in [2.75, 3.05) is 11.9 Å². The average Bonchev–Trinajstić information content (AvgIpc) is 2.62. The van der Waals surface area contributed by atoms with Crippen molar-refractivity contribution in [3.8, 4) is 5.75 Å². The van der Waals surface area contributed by atoms with E-state index in [1.807, 2.05) is 19.1 Å². The van der Waals surface area contributed by atoms with Crippen LogP contribution in [0.3, 0.4) is 0 Å². The molecule has 0 saturated heterocycles. The van der Waals surface area contributed by atoms with Gasteiger partial charge in [-0.05, 0) is 49.4 Å². The smallest absolute Gasteiger partial charge is 0.288 e. The number of amides is 1. The molecule has 1 heterocycles. The number of carbonyl (C=O) groups is 1. The summed E-state index contributed by atoms with van der Waals surface area (Å²) in [5, 5.41) is 3.98. The predicted octanol–water partition coefficient (Wildman–Crippen LogP) is 6.18. The number of alkyl halides is 2. The Balaban J connectivity index is 1.70. The number of hydrogen-bond acceptors (Lipinski definition) is 4. The van der Waals surface area contributed by atoms with Gasteiger partial charge < -0.3 is 10.1 Å². The van der Waals surface area contributed by atoms with Crippen molar-refractivity contribution in [1.29, 1.82) is 0 Å². The number of fused-ring (bicyclic) bond motifs is 1. The van der Waals surface area contributed by atoms with E-state index in [0.717, 1.165) is 5.69 Å². The number of pyridine rings is 1. The summed E-state index contributed by atoms with van der Waals surface area (Å²) in [5.74, 6) is -2.66. The molecule has 0 spiro atoms. The third-order valence-electron chi connectivity index (χ3n) is 3.69. The van der Waals surface area contributed by atoms with Gasteiger partial charge in [0.15, 0.2) is 12.4 Å². The van der Waals surface area contributed by atoms with Crippen LogP contribution in [0.2, 0.25) is 10.0 Å². The van der Waals surface area contributed by atoms with Crippen LogP contribution in [0.25, 0.3) is 10.9 Å². The number of halogens is 4. The molecule has 0 atom stereocenters. The fourth-order valence-electron chi connectivity index (χ4n) is 2.48. The Morgan fingerprint density at radius 1 is 1.18 bits per heavy atom. The number of nitrogens with zero attached hydrogens (tertiary/aromatic N) is 1. The minimum absolute atomic E-state index is 0.247. The number of ether oxygens (including phenoxy) is 1. The molecule has 1 N–H and O–H groups in total. The van der Waals surface area contributed by atoms with Gasteiger partial charge in [0.2, 0.25) is 0 Å². The molecule has 0 unspecified atom stereocenters. The third kappa shape index (κ3) is 5.04. The fourth-order valence-corrected chi connectivity index (χ4v) is 3.55. The van der Waals surface area contributed by atoms with Crippen LogP contribution in [-0.2, 0) is 4.79 Å². The molecule has 0 aliphatic rings. The predicted molar refractivity (Wildman–Crippen MR) is 109 cm³/mol. The number of hydrogen-bond donors (Lipinski definition) is 1. The molecule has 3 rings (SSSR count). The zero-order valence-electron chi connectivity index (χ0n) is 14.5. The Hall–Kier alpha value is -2.09. The van der Waals surface area contributed by atoms with Crippen LogP contribution in [0.4, 0.5) is 14.5 Å². The minimum atomic E-state index is -2.50. The first-order valence-electron chi connectivity index (χ1n) is 8.06. The van der Waals surface area contributed by atoms with Gasteiger partial charge in [-0.2, -0.15) is 8.78 Å². The van der Waals surface area contributed by atoms with E-state index in [1.54, 1.807) is 0 Å². The molecule has 0 aliphatic heterocycles. The molecule has 0 radical (unpaired) electrons. The molecule has 0 saturated carbocycles. The van der Waals surface area contributed by atoms with Crippen molar-refractivity contribution in [2.45, 2.75) is 17.6 Å². The zero-order valence-corrected chi connectivity index (χ0v) is 16.8. The topological polar surface area (TPSA) is 51.2 Å². The van der Waals surface area contributed by atoms with Crippen LogP contribution in [0.15, 0.2) is 47.4 Å². The van der Waals surface area contributed by atoms with Crippen LogP contribution >= 0.6 is 35.0 Å². The SMILES string of the molecule is Cc1ccc2c(Cl)cc(Cl)c(OCC(=O)Nc3ccc(SC(F)F)cc3)c2n1. The first kappa shape index (κ1) is 20.6. The van der Waals surface area contributed by atoms with Crippen LogP contribution in [-0.4, -0.2) is 23.3 Å². The van der Waals surface area contributed by atoms with Crippen molar-refractivity contribution < 1.29 is 18.3 Å². The van der Waals surface area contributed by atoms with E-state index in [1.165, 1.54) is 30.3 Å². The van der Waals surface area contributed by atoms with Crippen LogP contribution in [0, 0.1) is 6.92 Å². The summed E-state index contributed by atoms with van der Waals surface area (Å²) < 4.78 is 30.3. The Morgan fingerprint density at radius 3 is 2.57 bits per heavy atom. The maximum absolute atomic E-state index is 12.3. The summed E-state index contributed by atoms with van der Waals surface area (Å²) in [6, 6.07) is 11.2. The number of rotatable bonds is 6. The van der Waals surface area contributed by atoms with Gasteiger partial charge in [-0.15, -0.1) is 0 Å². The molecule has 2 aromatic carbocycles. The molecule has 28 heavy (non-hydrogen) atoms. The summed E-state index contributed by atoms with van der Waals surface area (Å²) in [4.78, 5) is 17.0. The Labute approximate surface area is 174 Å². The summed E-state index contributed by atoms with van der Waals surface area (Å²) in [6.07, 6.45) is 0. The number of aryl methyl sites for hydroxylation is 1. The van der Waals surface area contributed by atoms with Gasteiger partial charge in [0.05, 0.1) is 10.0 Å². The highest BCUT2D eigenvalue weighted by molar-refractivity contribution is 7.99. The van der Waals surface area contributed by atoms with E-state index in [-0.39, 0.29) is 17.4 Å². The molecule has 9 heteroatoms. The molecule has 4 nitrogen and oxygen atoms in total. The largest absolute Gasteiger partial charge is 0.480 e. The molecule has 146 valence electrons. The fraction of sp³-hybridized carbons (Fsp3) is 0.158. The van der Waals surface area contributed by atoms with Gasteiger partial charge in [-0.25, -0.2) is 4.98 Å². The van der Waals surface area contributed by atoms with E-state index in [9.17, 15) is 13.6 Å². The molecule has 0 fully saturated rings. The zero-order chi connectivity index (χ0) is 20.3. The number of carbonyl (C=O) groups excluding carboxylic acids is 1. The highest BCUT2D eigenvalue weighted by Crippen LogP contribution is 2.37. The highest BCUT2D eigenvalue weighted by Gasteiger charge is 2.15. The second kappa shape index (κ2) is 8.94. The quantitative estimate of drug-likeness (QED) is 0.462. The second-order valence-corrected chi connectivity index (χ2v) is 7.64. The number of nitrogens with one attached hydrogen (secondary N) is 1. The van der Waals surface area contributed by atoms with E-state index in [4.69, 9.17) is 27.9 Å². The maximum atomic E-state index is 12.3. The van der Waals surface area contributed by atoms with Crippen molar-refractivity contribution in [2.24, 2.45) is 0 Å². The monoisotopic (exact) mass is 442 g/mol. The number of anilines is 1. The minimum Gasteiger partial charge on any atom is -0.480 e. The van der Waals surface area contributed by atoms with Crippen molar-refractivity contribution >= 4 is 57.5 Å². The number of benzene rings is 2. The Morgan fingerprint density at radius 2 is 1.89 bits per heavy atom. The maximum Gasteiger partial charge on any atom is 0.288 e. The number of aromatic nitrogens is 1. The molecule has 3 aromatic rings. The third-order valence-corrected chi connectivity index (χ3v) is 5.00. The standard InChI is InChI=1S/C19H14Cl2F2N2O2S/c1-10-2-7-13-14(20)8-15(21)18(17(13)24-10)27-9-16(26)25-11-3-5-12(6-4-11)28-19(22)23/h2-8,19H,9H2,1H3,(H,25,26). The van der Waals surface area contributed by atoms with Crippen LogP contribution < -0.4 is 10.1 Å². The Kier molecular flexibility index (Phi) is 6.59. The molecule has 0 aliphatic carbocycles. The van der Waals surface area contributed by atoms with E-state index < -0.39 is 11.7 Å². The van der Waals surface area contributed by atoms with Gasteiger partial charge in [0.1, 0.15) is 5.52 Å². The van der Waals surface area contributed by atoms with E-state index in [2.05, 4.69) is 10.3 Å². The van der Waals surface area contributed by atoms with Gasteiger partial charge in [0.25, 0.3) is 11.7 Å². The molecule has 0 bridgehead atoms.